The first-order chi connectivity index (χ1) is 6.74. The maximum absolute atomic E-state index is 3.49. The Balaban J connectivity index is 2.04. The van der Waals surface area contributed by atoms with Gasteiger partial charge in [0.05, 0.1) is 0 Å². The van der Waals surface area contributed by atoms with Gasteiger partial charge in [0, 0.05) is 17.5 Å². The molecule has 1 aromatic heterocycles. The van der Waals surface area contributed by atoms with Crippen LogP contribution in [0.5, 0.6) is 0 Å². The summed E-state index contributed by atoms with van der Waals surface area (Å²) >= 11 is 1.83. The van der Waals surface area contributed by atoms with Crippen LogP contribution in [0.25, 0.3) is 6.08 Å². The average molecular weight is 207 g/mol. The van der Waals surface area contributed by atoms with E-state index in [2.05, 4.69) is 36.7 Å². The van der Waals surface area contributed by atoms with Crippen molar-refractivity contribution >= 4 is 17.4 Å². The van der Waals surface area contributed by atoms with Crippen molar-refractivity contribution in [3.05, 3.63) is 27.5 Å². The van der Waals surface area contributed by atoms with E-state index in [1.807, 2.05) is 11.3 Å². The standard InChI is InChI=1S/C12H17NS/c1-9-3-4-11(7-13-9)6-12-5-10(2)14-8-12/h5-6,8-9,13H,3-4,7H2,1-2H3/b11-6+. The lowest BCUT2D eigenvalue weighted by atomic mass is 10.00. The number of hydrogen-bond donors (Lipinski definition) is 1. The smallest absolute Gasteiger partial charge is 0.0170 e. The molecule has 0 aromatic carbocycles. The predicted molar refractivity (Wildman–Crippen MR) is 63.7 cm³/mol. The SMILES string of the molecule is Cc1cc(/C=C2\CCC(C)NC2)cs1. The molecule has 1 aliphatic heterocycles. The average Bonchev–Trinajstić information content (AvgIpc) is 2.56. The van der Waals surface area contributed by atoms with E-state index < -0.39 is 0 Å². The van der Waals surface area contributed by atoms with Gasteiger partial charge in [-0.2, -0.15) is 0 Å². The highest BCUT2D eigenvalue weighted by Crippen LogP contribution is 2.20. The molecule has 14 heavy (non-hydrogen) atoms. The van der Waals surface area contributed by atoms with E-state index in [4.69, 9.17) is 0 Å². The van der Waals surface area contributed by atoms with Crippen LogP contribution in [-0.4, -0.2) is 12.6 Å². The van der Waals surface area contributed by atoms with Crippen LogP contribution in [0, 0.1) is 6.92 Å². The van der Waals surface area contributed by atoms with Gasteiger partial charge in [-0.25, -0.2) is 0 Å². The highest BCUT2D eigenvalue weighted by atomic mass is 32.1. The van der Waals surface area contributed by atoms with Gasteiger partial charge in [-0.15, -0.1) is 11.3 Å². The van der Waals surface area contributed by atoms with Crippen molar-refractivity contribution < 1.29 is 0 Å². The molecule has 0 aliphatic carbocycles. The summed E-state index contributed by atoms with van der Waals surface area (Å²) in [5, 5.41) is 5.73. The molecule has 0 spiro atoms. The number of thiophene rings is 1. The molecule has 1 fully saturated rings. The minimum Gasteiger partial charge on any atom is -0.311 e. The minimum atomic E-state index is 0.691. The van der Waals surface area contributed by atoms with Gasteiger partial charge in [0.1, 0.15) is 0 Å². The summed E-state index contributed by atoms with van der Waals surface area (Å²) in [6.07, 6.45) is 4.86. The van der Waals surface area contributed by atoms with Crippen LogP contribution >= 0.6 is 11.3 Å². The van der Waals surface area contributed by atoms with Crippen molar-refractivity contribution in [1.82, 2.24) is 5.32 Å². The predicted octanol–water partition coefficient (Wildman–Crippen LogP) is 3.21. The molecule has 0 bridgehead atoms. The number of aryl methyl sites for hydroxylation is 1. The molecular formula is C12H17NS. The Morgan fingerprint density at radius 2 is 2.43 bits per heavy atom. The second kappa shape index (κ2) is 4.28. The van der Waals surface area contributed by atoms with Crippen LogP contribution in [0.4, 0.5) is 0 Å². The zero-order chi connectivity index (χ0) is 9.97. The van der Waals surface area contributed by atoms with Crippen molar-refractivity contribution in [3.63, 3.8) is 0 Å². The summed E-state index contributed by atoms with van der Waals surface area (Å²) in [4.78, 5) is 1.40. The number of nitrogens with one attached hydrogen (secondary N) is 1. The normalized spacial score (nSPS) is 25.6. The largest absolute Gasteiger partial charge is 0.311 e. The van der Waals surface area contributed by atoms with E-state index in [0.717, 1.165) is 6.54 Å². The molecule has 1 N–H and O–H groups in total. The van der Waals surface area contributed by atoms with E-state index in [9.17, 15) is 0 Å². The van der Waals surface area contributed by atoms with Crippen LogP contribution in [-0.2, 0) is 0 Å². The van der Waals surface area contributed by atoms with Crippen LogP contribution in [0.15, 0.2) is 17.0 Å². The highest BCUT2D eigenvalue weighted by molar-refractivity contribution is 7.10. The highest BCUT2D eigenvalue weighted by Gasteiger charge is 2.10. The van der Waals surface area contributed by atoms with Gasteiger partial charge >= 0.3 is 0 Å². The van der Waals surface area contributed by atoms with Gasteiger partial charge in [-0.3, -0.25) is 0 Å². The Morgan fingerprint density at radius 1 is 1.57 bits per heavy atom. The van der Waals surface area contributed by atoms with E-state index in [-0.39, 0.29) is 0 Å². The first-order valence-electron chi connectivity index (χ1n) is 5.22. The Bertz CT molecular complexity index is 328. The third-order valence-corrected chi connectivity index (χ3v) is 3.58. The fourth-order valence-electron chi connectivity index (χ4n) is 1.80. The summed E-state index contributed by atoms with van der Waals surface area (Å²) < 4.78 is 0. The van der Waals surface area contributed by atoms with Crippen molar-refractivity contribution in [3.8, 4) is 0 Å². The lowest BCUT2D eigenvalue weighted by Crippen LogP contribution is -2.32. The van der Waals surface area contributed by atoms with Gasteiger partial charge in [-0.1, -0.05) is 11.6 Å². The summed E-state index contributed by atoms with van der Waals surface area (Å²) in [5.41, 5.74) is 2.92. The zero-order valence-corrected chi connectivity index (χ0v) is 9.66. The topological polar surface area (TPSA) is 12.0 Å². The molecular weight excluding hydrogens is 190 g/mol. The van der Waals surface area contributed by atoms with Crippen LogP contribution in [0.2, 0.25) is 0 Å². The summed E-state index contributed by atoms with van der Waals surface area (Å²) in [5.74, 6) is 0. The monoisotopic (exact) mass is 207 g/mol. The number of piperidine rings is 1. The molecule has 2 rings (SSSR count). The maximum atomic E-state index is 3.49. The van der Waals surface area contributed by atoms with Crippen LogP contribution < -0.4 is 5.32 Å². The van der Waals surface area contributed by atoms with E-state index in [1.54, 1.807) is 5.57 Å². The number of hydrogen-bond acceptors (Lipinski definition) is 2. The third kappa shape index (κ3) is 2.46. The summed E-state index contributed by atoms with van der Waals surface area (Å²) in [6.45, 7) is 5.48. The Hall–Kier alpha value is -0.600. The molecule has 2 heterocycles. The molecule has 1 saturated heterocycles. The molecule has 76 valence electrons. The second-order valence-corrected chi connectivity index (χ2v) is 5.23. The van der Waals surface area contributed by atoms with Crippen molar-refractivity contribution in [2.24, 2.45) is 0 Å². The molecule has 0 amide bonds. The van der Waals surface area contributed by atoms with Gasteiger partial charge in [-0.05, 0) is 43.7 Å². The van der Waals surface area contributed by atoms with E-state index in [1.165, 1.54) is 23.3 Å². The fraction of sp³-hybridized carbons (Fsp3) is 0.500. The van der Waals surface area contributed by atoms with E-state index >= 15 is 0 Å². The summed E-state index contributed by atoms with van der Waals surface area (Å²) in [6, 6.07) is 2.95. The third-order valence-electron chi connectivity index (χ3n) is 2.70. The zero-order valence-electron chi connectivity index (χ0n) is 8.84. The quantitative estimate of drug-likeness (QED) is 0.745. The Kier molecular flexibility index (Phi) is 3.04. The van der Waals surface area contributed by atoms with Gasteiger partial charge < -0.3 is 5.32 Å². The molecule has 1 unspecified atom stereocenters. The fourth-order valence-corrected chi connectivity index (χ4v) is 2.46. The van der Waals surface area contributed by atoms with Crippen molar-refractivity contribution in [2.45, 2.75) is 32.7 Å². The molecule has 1 nitrogen and oxygen atoms in total. The molecule has 2 heteroatoms. The maximum Gasteiger partial charge on any atom is 0.0170 e. The van der Waals surface area contributed by atoms with Crippen LogP contribution in [0.3, 0.4) is 0 Å². The Labute approximate surface area is 89.8 Å². The lowest BCUT2D eigenvalue weighted by Gasteiger charge is -2.21. The van der Waals surface area contributed by atoms with Gasteiger partial charge in [0.15, 0.2) is 0 Å². The lowest BCUT2D eigenvalue weighted by molar-refractivity contribution is 0.488. The van der Waals surface area contributed by atoms with Crippen molar-refractivity contribution in [1.29, 1.82) is 0 Å². The molecule has 1 aromatic rings. The molecule has 0 radical (unpaired) electrons. The molecule has 0 saturated carbocycles. The molecule has 1 aliphatic rings. The first-order valence-corrected chi connectivity index (χ1v) is 6.10. The number of rotatable bonds is 1. The Morgan fingerprint density at radius 3 is 3.00 bits per heavy atom. The molecule has 1 atom stereocenters. The van der Waals surface area contributed by atoms with E-state index in [0.29, 0.717) is 6.04 Å². The van der Waals surface area contributed by atoms with Crippen LogP contribution in [0.1, 0.15) is 30.2 Å². The van der Waals surface area contributed by atoms with Gasteiger partial charge in [0.2, 0.25) is 0 Å². The first kappa shape index (κ1) is 9.94. The minimum absolute atomic E-state index is 0.691. The second-order valence-electron chi connectivity index (χ2n) is 4.11. The van der Waals surface area contributed by atoms with Crippen molar-refractivity contribution in [2.75, 3.05) is 6.54 Å². The van der Waals surface area contributed by atoms with Gasteiger partial charge in [0.25, 0.3) is 0 Å². The summed E-state index contributed by atoms with van der Waals surface area (Å²) in [7, 11) is 0.